The second-order valence-corrected chi connectivity index (χ2v) is 6.59. The van der Waals surface area contributed by atoms with Crippen LogP contribution in [-0.4, -0.2) is 41.6 Å². The number of amides is 1. The van der Waals surface area contributed by atoms with E-state index in [4.69, 9.17) is 4.74 Å². The number of carbonyl (C=O) groups excluding carboxylic acids is 2. The van der Waals surface area contributed by atoms with Crippen molar-refractivity contribution in [2.45, 2.75) is 6.92 Å². The number of nitrogens with zero attached hydrogens (tertiary/aromatic N) is 1. The van der Waals surface area contributed by atoms with Crippen molar-refractivity contribution in [3.8, 4) is 5.75 Å². The summed E-state index contributed by atoms with van der Waals surface area (Å²) in [6, 6.07) is 3.34. The number of methoxy groups -OCH3 is 1. The molecule has 0 saturated carbocycles. The van der Waals surface area contributed by atoms with Crippen molar-refractivity contribution in [1.82, 2.24) is 9.88 Å². The number of rotatable bonds is 7. The number of hydrogen-bond donors (Lipinski definition) is 2. The normalized spacial score (nSPS) is 10.6. The molecule has 0 saturated heterocycles. The molecule has 2 N–H and O–H groups in total. The first-order valence-electron chi connectivity index (χ1n) is 7.76. The minimum Gasteiger partial charge on any atom is -0.565 e. The van der Waals surface area contributed by atoms with Gasteiger partial charge in [-0.3, -0.25) is 9.59 Å². The van der Waals surface area contributed by atoms with Gasteiger partial charge in [0, 0.05) is 65.4 Å². The Morgan fingerprint density at radius 3 is 2.78 bits per heavy atom. The van der Waals surface area contributed by atoms with Crippen LogP contribution in [0, 0.1) is 48.7 Å². The zero-order valence-corrected chi connectivity index (χ0v) is 19.7. The Morgan fingerprint density at radius 2 is 2.11 bits per heavy atom. The van der Waals surface area contributed by atoms with E-state index in [2.05, 4.69) is 11.5 Å². The summed E-state index contributed by atoms with van der Waals surface area (Å²) in [7, 11) is 3.01. The van der Waals surface area contributed by atoms with Crippen LogP contribution in [0.3, 0.4) is 0 Å². The van der Waals surface area contributed by atoms with Crippen molar-refractivity contribution in [1.29, 1.82) is 0 Å². The average molecular weight is 514 g/mol. The molecular formula is C18H19LaN2O5S-. The summed E-state index contributed by atoms with van der Waals surface area (Å²) >= 11 is 1.21. The van der Waals surface area contributed by atoms with Gasteiger partial charge >= 0.3 is 0 Å². The van der Waals surface area contributed by atoms with Gasteiger partial charge in [-0.15, -0.1) is 16.9 Å². The van der Waals surface area contributed by atoms with E-state index in [1.54, 1.807) is 26.2 Å². The van der Waals surface area contributed by atoms with Crippen molar-refractivity contribution in [2.75, 3.05) is 20.3 Å². The van der Waals surface area contributed by atoms with Crippen molar-refractivity contribution < 1.29 is 55.0 Å². The summed E-state index contributed by atoms with van der Waals surface area (Å²) in [5.74, 6) is -1.20. The number of aromatic hydroxyl groups is 1. The van der Waals surface area contributed by atoms with E-state index < -0.39 is 11.3 Å². The largest absolute Gasteiger partial charge is 0.565 e. The molecule has 0 aromatic carbocycles. The summed E-state index contributed by atoms with van der Waals surface area (Å²) in [6.45, 7) is 2.39. The molecule has 141 valence electrons. The monoisotopic (exact) mass is 514 g/mol. The third kappa shape index (κ3) is 5.98. The number of ketones is 1. The van der Waals surface area contributed by atoms with Crippen LogP contribution in [0.2, 0.25) is 0 Å². The first-order valence-corrected chi connectivity index (χ1v) is 8.58. The second kappa shape index (κ2) is 10.7. The molecule has 7 nitrogen and oxygen atoms in total. The molecule has 0 aliphatic rings. The first kappa shape index (κ1) is 23.5. The third-order valence-electron chi connectivity index (χ3n) is 3.53. The second-order valence-electron chi connectivity index (χ2n) is 5.47. The van der Waals surface area contributed by atoms with Crippen molar-refractivity contribution in [2.24, 2.45) is 7.05 Å². The molecule has 0 unspecified atom stereocenters. The van der Waals surface area contributed by atoms with Crippen LogP contribution in [0.1, 0.15) is 30.5 Å². The van der Waals surface area contributed by atoms with Gasteiger partial charge in [-0.1, -0.05) is 13.1 Å². The Morgan fingerprint density at radius 1 is 1.41 bits per heavy atom. The number of nitrogens with one attached hydrogen (secondary N) is 1. The fourth-order valence-corrected chi connectivity index (χ4v) is 3.02. The number of hydrogen-bond acceptors (Lipinski definition) is 6. The Kier molecular flexibility index (Phi) is 9.34. The van der Waals surface area contributed by atoms with Gasteiger partial charge in [0.25, 0.3) is 5.91 Å². The molecular weight excluding hydrogens is 495 g/mol. The van der Waals surface area contributed by atoms with Crippen LogP contribution in [0.25, 0.3) is 6.08 Å². The molecule has 27 heavy (non-hydrogen) atoms. The number of pyridine rings is 1. The van der Waals surface area contributed by atoms with Crippen LogP contribution in [-0.2, 0) is 11.8 Å². The van der Waals surface area contributed by atoms with Gasteiger partial charge in [-0.25, -0.2) is 0 Å². The molecule has 9 heteroatoms. The number of allylic oxidation sites excluding steroid dienone is 1. The van der Waals surface area contributed by atoms with Crippen molar-refractivity contribution in [3.05, 3.63) is 55.6 Å². The molecule has 1 amide bonds. The smallest absolute Gasteiger partial charge is 0.261 e. The molecule has 2 rings (SSSR count). The van der Waals surface area contributed by atoms with Gasteiger partial charge in [0.2, 0.25) is 0 Å². The quantitative estimate of drug-likeness (QED) is 0.253. The van der Waals surface area contributed by atoms with Crippen LogP contribution < -0.4 is 10.9 Å². The zero-order chi connectivity index (χ0) is 19.3. The molecule has 0 bridgehead atoms. The maximum absolute atomic E-state index is 12.3. The molecule has 0 aliphatic carbocycles. The average Bonchev–Trinajstić information content (AvgIpc) is 3.08. The topological polar surface area (TPSA) is 97.6 Å². The Hall–Kier alpha value is -1.52. The molecule has 2 aromatic heterocycles. The maximum atomic E-state index is 12.3. The van der Waals surface area contributed by atoms with Gasteiger partial charge in [-0.2, -0.15) is 0 Å². The van der Waals surface area contributed by atoms with Crippen LogP contribution in [0.5, 0.6) is 5.75 Å². The third-order valence-corrected chi connectivity index (χ3v) is 4.58. The minimum atomic E-state index is -0.618. The van der Waals surface area contributed by atoms with E-state index in [0.717, 1.165) is 4.57 Å². The van der Waals surface area contributed by atoms with Crippen LogP contribution in [0.15, 0.2) is 23.0 Å². The molecule has 0 atom stereocenters. The van der Waals surface area contributed by atoms with Gasteiger partial charge in [0.05, 0.1) is 11.5 Å². The Labute approximate surface area is 188 Å². The molecule has 0 aliphatic heterocycles. The van der Waals surface area contributed by atoms with Gasteiger partial charge < -0.3 is 24.5 Å². The van der Waals surface area contributed by atoms with Crippen LogP contribution in [0.4, 0.5) is 0 Å². The molecule has 1 radical (unpaired) electrons. The summed E-state index contributed by atoms with van der Waals surface area (Å²) in [5.41, 5.74) is -0.601. The van der Waals surface area contributed by atoms with E-state index in [1.807, 2.05) is 0 Å². The summed E-state index contributed by atoms with van der Waals surface area (Å²) < 4.78 is 6.00. The van der Waals surface area contributed by atoms with E-state index in [-0.39, 0.29) is 52.8 Å². The molecule has 2 aromatic rings. The van der Waals surface area contributed by atoms with E-state index in [0.29, 0.717) is 28.5 Å². The number of carbonyl (C=O) groups is 2. The van der Waals surface area contributed by atoms with Gasteiger partial charge in [0.1, 0.15) is 5.56 Å². The van der Waals surface area contributed by atoms with E-state index >= 15 is 0 Å². The SMILES string of the molecule is COCCNC(=O)c1ccc(/C=C/C(=O)c2c(O)c(C)[c-]n(C)c2=O)s1.[La]. The zero-order valence-electron chi connectivity index (χ0n) is 15.2. The molecule has 2 heterocycles. The first-order chi connectivity index (χ1) is 12.3. The number of thiophene rings is 1. The predicted octanol–water partition coefficient (Wildman–Crippen LogP) is 1.53. The number of aryl methyl sites for hydroxylation is 2. The maximum Gasteiger partial charge on any atom is 0.261 e. The summed E-state index contributed by atoms with van der Waals surface area (Å²) in [6.07, 6.45) is 5.35. The van der Waals surface area contributed by atoms with Crippen molar-refractivity contribution >= 4 is 29.1 Å². The number of aromatic nitrogens is 1. The van der Waals surface area contributed by atoms with Gasteiger partial charge in [-0.05, 0) is 31.3 Å². The summed E-state index contributed by atoms with van der Waals surface area (Å²) in [4.78, 5) is 37.5. The Balaban J connectivity index is 0.00000364. The van der Waals surface area contributed by atoms with E-state index in [9.17, 15) is 19.5 Å². The Bertz CT molecular complexity index is 917. The fraction of sp³-hybridized carbons (Fsp3) is 0.278. The van der Waals surface area contributed by atoms with Crippen molar-refractivity contribution in [3.63, 3.8) is 0 Å². The predicted molar refractivity (Wildman–Crippen MR) is 98.8 cm³/mol. The standard InChI is InChI=1S/C18H19N2O5S.La/c1-11-10-20(2)18(24)15(16(11)22)13(21)6-4-12-5-7-14(26-12)17(23)19-8-9-25-3;/h4-7,22H,8-9H2,1-3H3,(H,19,23);/q-1;/b6-4+;. The molecule has 0 fully saturated rings. The van der Waals surface area contributed by atoms with Gasteiger partial charge in [0.15, 0.2) is 5.78 Å². The number of ether oxygens (including phenoxy) is 1. The summed E-state index contributed by atoms with van der Waals surface area (Å²) in [5, 5.41) is 12.7. The van der Waals surface area contributed by atoms with E-state index in [1.165, 1.54) is 30.5 Å². The minimum absolute atomic E-state index is 0. The van der Waals surface area contributed by atoms with Crippen LogP contribution >= 0.6 is 11.3 Å². The molecule has 0 spiro atoms. The fourth-order valence-electron chi connectivity index (χ4n) is 2.19.